The summed E-state index contributed by atoms with van der Waals surface area (Å²) in [5.41, 5.74) is -0.472. The van der Waals surface area contributed by atoms with Crippen LogP contribution in [0.1, 0.15) is 21.5 Å². The second kappa shape index (κ2) is 9.03. The lowest BCUT2D eigenvalue weighted by atomic mass is 10.0. The van der Waals surface area contributed by atoms with Gasteiger partial charge in [0.25, 0.3) is 5.91 Å². The number of carbonyl (C=O) groups is 3. The van der Waals surface area contributed by atoms with E-state index in [1.165, 1.54) is 12.1 Å². The first kappa shape index (κ1) is 20.9. The van der Waals surface area contributed by atoms with Crippen LogP contribution in [0.2, 0.25) is 0 Å². The van der Waals surface area contributed by atoms with E-state index in [1.807, 2.05) is 0 Å². The molecule has 0 saturated heterocycles. The molecule has 28 heavy (non-hydrogen) atoms. The molecule has 148 valence electrons. The van der Waals surface area contributed by atoms with Crippen LogP contribution >= 0.6 is 0 Å². The summed E-state index contributed by atoms with van der Waals surface area (Å²) in [6.07, 6.45) is -4.89. The molecular formula is C19H17F3N2O4. The highest BCUT2D eigenvalue weighted by Gasteiger charge is 2.31. The lowest BCUT2D eigenvalue weighted by molar-refractivity contribution is -0.141. The van der Waals surface area contributed by atoms with Crippen molar-refractivity contribution in [3.8, 4) is 0 Å². The zero-order valence-electron chi connectivity index (χ0n) is 14.5. The smallest absolute Gasteiger partial charge is 0.416 e. The van der Waals surface area contributed by atoms with E-state index < -0.39 is 42.1 Å². The van der Waals surface area contributed by atoms with Gasteiger partial charge in [-0.05, 0) is 23.8 Å². The number of halogens is 3. The first-order valence-electron chi connectivity index (χ1n) is 8.18. The summed E-state index contributed by atoms with van der Waals surface area (Å²) in [6.45, 7) is -0.472. The van der Waals surface area contributed by atoms with E-state index in [9.17, 15) is 32.7 Å². The Morgan fingerprint density at radius 1 is 1.00 bits per heavy atom. The fourth-order valence-electron chi connectivity index (χ4n) is 2.41. The third-order valence-electron chi connectivity index (χ3n) is 3.77. The minimum absolute atomic E-state index is 0.107. The van der Waals surface area contributed by atoms with Gasteiger partial charge in [-0.3, -0.25) is 9.59 Å². The standard InChI is InChI=1S/C19H17F3N2O4/c20-19(21,22)14-8-4-5-12(9-14)10-15(18(27)28)24-16(25)11-23-17(26)13-6-2-1-3-7-13/h1-9,15H,10-11H2,(H,23,26)(H,24,25)(H,27,28)/t15-/m1/s1. The van der Waals surface area contributed by atoms with E-state index in [1.54, 1.807) is 30.3 Å². The summed E-state index contributed by atoms with van der Waals surface area (Å²) >= 11 is 0. The molecule has 0 aliphatic heterocycles. The zero-order valence-corrected chi connectivity index (χ0v) is 14.5. The summed E-state index contributed by atoms with van der Waals surface area (Å²) in [4.78, 5) is 35.2. The van der Waals surface area contributed by atoms with Crippen LogP contribution in [0.4, 0.5) is 13.2 Å². The SMILES string of the molecule is O=C(CNC(=O)c1ccccc1)N[C@H](Cc1cccc(C(F)(F)F)c1)C(=O)O. The average Bonchev–Trinajstić information content (AvgIpc) is 2.65. The van der Waals surface area contributed by atoms with Crippen molar-refractivity contribution in [1.29, 1.82) is 0 Å². The number of rotatable bonds is 7. The van der Waals surface area contributed by atoms with Crippen LogP contribution in [0.3, 0.4) is 0 Å². The third-order valence-corrected chi connectivity index (χ3v) is 3.77. The van der Waals surface area contributed by atoms with E-state index in [4.69, 9.17) is 0 Å². The van der Waals surface area contributed by atoms with Gasteiger partial charge in [-0.1, -0.05) is 36.4 Å². The molecule has 3 N–H and O–H groups in total. The molecule has 9 heteroatoms. The lowest BCUT2D eigenvalue weighted by Crippen LogP contribution is -2.46. The van der Waals surface area contributed by atoms with Crippen LogP contribution in [-0.2, 0) is 22.2 Å². The first-order chi connectivity index (χ1) is 13.2. The normalized spacial score (nSPS) is 12.1. The molecule has 2 rings (SSSR count). The van der Waals surface area contributed by atoms with Gasteiger partial charge in [-0.15, -0.1) is 0 Å². The van der Waals surface area contributed by atoms with Gasteiger partial charge >= 0.3 is 12.1 Å². The molecule has 2 aromatic carbocycles. The third kappa shape index (κ3) is 6.11. The number of hydrogen-bond acceptors (Lipinski definition) is 3. The second-order valence-corrected chi connectivity index (χ2v) is 5.91. The van der Waals surface area contributed by atoms with Crippen molar-refractivity contribution in [2.75, 3.05) is 6.54 Å². The molecule has 0 radical (unpaired) electrons. The minimum Gasteiger partial charge on any atom is -0.480 e. The fourth-order valence-corrected chi connectivity index (χ4v) is 2.41. The van der Waals surface area contributed by atoms with Gasteiger partial charge in [0.15, 0.2) is 0 Å². The number of aliphatic carboxylic acids is 1. The van der Waals surface area contributed by atoms with Crippen molar-refractivity contribution < 1.29 is 32.7 Å². The summed E-state index contributed by atoms with van der Waals surface area (Å²) in [5.74, 6) is -2.69. The largest absolute Gasteiger partial charge is 0.480 e. The highest BCUT2D eigenvalue weighted by molar-refractivity contribution is 5.96. The van der Waals surface area contributed by atoms with Gasteiger partial charge in [-0.25, -0.2) is 4.79 Å². The Morgan fingerprint density at radius 2 is 1.68 bits per heavy atom. The summed E-state index contributed by atoms with van der Waals surface area (Å²) in [7, 11) is 0. The van der Waals surface area contributed by atoms with Gasteiger partial charge in [0.1, 0.15) is 6.04 Å². The van der Waals surface area contributed by atoms with E-state index >= 15 is 0 Å². The highest BCUT2D eigenvalue weighted by atomic mass is 19.4. The summed E-state index contributed by atoms with van der Waals surface area (Å²) in [6, 6.07) is 10.9. The predicted octanol–water partition coefficient (Wildman–Crippen LogP) is 2.25. The molecule has 2 aromatic rings. The Bertz CT molecular complexity index is 854. The van der Waals surface area contributed by atoms with Crippen molar-refractivity contribution in [2.45, 2.75) is 18.6 Å². The van der Waals surface area contributed by atoms with Crippen molar-refractivity contribution in [3.63, 3.8) is 0 Å². The predicted molar refractivity (Wildman–Crippen MR) is 93.5 cm³/mol. The first-order valence-corrected chi connectivity index (χ1v) is 8.18. The van der Waals surface area contributed by atoms with Crippen molar-refractivity contribution in [3.05, 3.63) is 71.3 Å². The fraction of sp³-hybridized carbons (Fsp3) is 0.211. The highest BCUT2D eigenvalue weighted by Crippen LogP contribution is 2.29. The van der Waals surface area contributed by atoms with Crippen molar-refractivity contribution >= 4 is 17.8 Å². The van der Waals surface area contributed by atoms with Crippen molar-refractivity contribution in [2.24, 2.45) is 0 Å². The van der Waals surface area contributed by atoms with Gasteiger partial charge in [0.2, 0.25) is 5.91 Å². The number of carboxylic acid groups (broad SMARTS) is 1. The van der Waals surface area contributed by atoms with Crippen LogP contribution < -0.4 is 10.6 Å². The van der Waals surface area contributed by atoms with E-state index in [0.717, 1.165) is 12.1 Å². The molecule has 0 unspecified atom stereocenters. The monoisotopic (exact) mass is 394 g/mol. The Morgan fingerprint density at radius 3 is 2.29 bits per heavy atom. The van der Waals surface area contributed by atoms with Gasteiger partial charge in [0, 0.05) is 12.0 Å². The number of amides is 2. The Balaban J connectivity index is 1.96. The van der Waals surface area contributed by atoms with Crippen LogP contribution in [0.25, 0.3) is 0 Å². The molecule has 1 atom stereocenters. The summed E-state index contributed by atoms with van der Waals surface area (Å²) in [5, 5.41) is 13.8. The molecule has 2 amide bonds. The maximum absolute atomic E-state index is 12.8. The van der Waals surface area contributed by atoms with Crippen LogP contribution in [0.5, 0.6) is 0 Å². The molecule has 0 aliphatic rings. The molecule has 0 fully saturated rings. The molecular weight excluding hydrogens is 377 g/mol. The molecule has 6 nitrogen and oxygen atoms in total. The van der Waals surface area contributed by atoms with Gasteiger partial charge in [0.05, 0.1) is 12.1 Å². The molecule has 0 bridgehead atoms. The van der Waals surface area contributed by atoms with Crippen LogP contribution in [-0.4, -0.2) is 35.5 Å². The molecule has 0 spiro atoms. The number of carboxylic acids is 1. The van der Waals surface area contributed by atoms with E-state index in [2.05, 4.69) is 10.6 Å². The molecule has 0 aromatic heterocycles. The molecule has 0 heterocycles. The maximum Gasteiger partial charge on any atom is 0.416 e. The van der Waals surface area contributed by atoms with Crippen LogP contribution in [0.15, 0.2) is 54.6 Å². The number of carbonyl (C=O) groups excluding carboxylic acids is 2. The molecule has 0 aliphatic carbocycles. The zero-order chi connectivity index (χ0) is 20.7. The number of nitrogens with one attached hydrogen (secondary N) is 2. The average molecular weight is 394 g/mol. The van der Waals surface area contributed by atoms with E-state index in [-0.39, 0.29) is 12.0 Å². The Hall–Kier alpha value is -3.36. The number of hydrogen-bond donors (Lipinski definition) is 3. The Labute approximate surface area is 158 Å². The second-order valence-electron chi connectivity index (χ2n) is 5.91. The molecule has 0 saturated carbocycles. The lowest BCUT2D eigenvalue weighted by Gasteiger charge is -2.16. The quantitative estimate of drug-likeness (QED) is 0.671. The van der Waals surface area contributed by atoms with Gasteiger partial charge in [-0.2, -0.15) is 13.2 Å². The van der Waals surface area contributed by atoms with Gasteiger partial charge < -0.3 is 15.7 Å². The Kier molecular flexibility index (Phi) is 6.75. The number of alkyl halides is 3. The topological polar surface area (TPSA) is 95.5 Å². The van der Waals surface area contributed by atoms with E-state index in [0.29, 0.717) is 5.56 Å². The minimum atomic E-state index is -4.56. The number of benzene rings is 2. The van der Waals surface area contributed by atoms with Crippen LogP contribution in [0, 0.1) is 0 Å². The van der Waals surface area contributed by atoms with Crippen molar-refractivity contribution in [1.82, 2.24) is 10.6 Å². The maximum atomic E-state index is 12.8. The summed E-state index contributed by atoms with van der Waals surface area (Å²) < 4.78 is 38.3.